The van der Waals surface area contributed by atoms with Gasteiger partial charge in [-0.1, -0.05) is 24.3 Å². The number of carbonyl (C=O) groups is 1. The monoisotopic (exact) mass is 404 g/mol. The number of aryl methyl sites for hydroxylation is 1. The van der Waals surface area contributed by atoms with Crippen molar-refractivity contribution in [2.75, 3.05) is 4.90 Å². The molecule has 30 heavy (non-hydrogen) atoms. The fourth-order valence-corrected chi connectivity index (χ4v) is 3.84. The Morgan fingerprint density at radius 1 is 1.00 bits per heavy atom. The molecule has 1 amide bonds. The zero-order chi connectivity index (χ0) is 21.0. The summed E-state index contributed by atoms with van der Waals surface area (Å²) in [7, 11) is 0. The summed E-state index contributed by atoms with van der Waals surface area (Å²) in [5.41, 5.74) is 0.236. The van der Waals surface area contributed by atoms with Crippen LogP contribution in [-0.4, -0.2) is 10.9 Å². The van der Waals surface area contributed by atoms with Gasteiger partial charge >= 0.3 is 0 Å². The Hall–Kier alpha value is -3.87. The molecule has 1 aliphatic rings. The van der Waals surface area contributed by atoms with Gasteiger partial charge in [0.1, 0.15) is 23.0 Å². The summed E-state index contributed by atoms with van der Waals surface area (Å²) in [6, 6.07) is 13.4. The molecule has 4 aromatic rings. The SMILES string of the molecule is Cc1cccc(N2C(=O)c3oc4ccc(F)cc4c(=O)c3[C@H]2c2ccccc2F)n1. The summed E-state index contributed by atoms with van der Waals surface area (Å²) in [4.78, 5) is 32.3. The summed E-state index contributed by atoms with van der Waals surface area (Å²) in [6.45, 7) is 1.76. The fraction of sp³-hybridized carbons (Fsp3) is 0.0870. The van der Waals surface area contributed by atoms with Crippen LogP contribution in [0.15, 0.2) is 69.9 Å². The normalized spacial score (nSPS) is 15.6. The lowest BCUT2D eigenvalue weighted by Gasteiger charge is -2.24. The predicted octanol–water partition coefficient (Wildman–Crippen LogP) is 4.52. The van der Waals surface area contributed by atoms with Gasteiger partial charge in [0, 0.05) is 11.3 Å². The third kappa shape index (κ3) is 2.62. The van der Waals surface area contributed by atoms with E-state index in [1.54, 1.807) is 31.2 Å². The van der Waals surface area contributed by atoms with Crippen molar-refractivity contribution in [1.29, 1.82) is 0 Å². The van der Waals surface area contributed by atoms with Gasteiger partial charge in [0.2, 0.25) is 5.76 Å². The highest BCUT2D eigenvalue weighted by atomic mass is 19.1. The lowest BCUT2D eigenvalue weighted by atomic mass is 9.98. The predicted molar refractivity (Wildman–Crippen MR) is 106 cm³/mol. The van der Waals surface area contributed by atoms with Crippen LogP contribution in [0.4, 0.5) is 14.6 Å². The average molecular weight is 404 g/mol. The van der Waals surface area contributed by atoms with Crippen LogP contribution in [0.1, 0.15) is 33.4 Å². The van der Waals surface area contributed by atoms with E-state index in [2.05, 4.69) is 4.98 Å². The van der Waals surface area contributed by atoms with Gasteiger partial charge in [-0.15, -0.1) is 0 Å². The molecular formula is C23H14F2N2O3. The zero-order valence-corrected chi connectivity index (χ0v) is 15.7. The van der Waals surface area contributed by atoms with Crippen LogP contribution in [0.5, 0.6) is 0 Å². The molecule has 0 aliphatic carbocycles. The van der Waals surface area contributed by atoms with Crippen molar-refractivity contribution >= 4 is 22.7 Å². The van der Waals surface area contributed by atoms with E-state index in [0.29, 0.717) is 5.69 Å². The van der Waals surface area contributed by atoms with E-state index >= 15 is 0 Å². The number of fused-ring (bicyclic) bond motifs is 2. The second kappa shape index (κ2) is 6.59. The summed E-state index contributed by atoms with van der Waals surface area (Å²) >= 11 is 0. The highest BCUT2D eigenvalue weighted by Crippen LogP contribution is 2.41. The number of amides is 1. The number of carbonyl (C=O) groups excluding carboxylic acids is 1. The van der Waals surface area contributed by atoms with E-state index in [0.717, 1.165) is 12.1 Å². The van der Waals surface area contributed by atoms with Gasteiger partial charge in [0.05, 0.1) is 17.0 Å². The molecule has 0 unspecified atom stereocenters. The third-order valence-electron chi connectivity index (χ3n) is 5.15. The minimum Gasteiger partial charge on any atom is -0.450 e. The lowest BCUT2D eigenvalue weighted by molar-refractivity contribution is 0.0970. The maximum atomic E-state index is 14.8. The number of benzene rings is 2. The number of anilines is 1. The van der Waals surface area contributed by atoms with Gasteiger partial charge in [0.15, 0.2) is 5.43 Å². The van der Waals surface area contributed by atoms with Crippen molar-refractivity contribution in [3.05, 3.63) is 105 Å². The second-order valence-corrected chi connectivity index (χ2v) is 7.05. The van der Waals surface area contributed by atoms with Crippen molar-refractivity contribution in [3.63, 3.8) is 0 Å². The molecule has 0 fully saturated rings. The maximum Gasteiger partial charge on any atom is 0.296 e. The van der Waals surface area contributed by atoms with Crippen molar-refractivity contribution in [2.24, 2.45) is 0 Å². The second-order valence-electron chi connectivity index (χ2n) is 7.05. The molecule has 0 saturated heterocycles. The highest BCUT2D eigenvalue weighted by molar-refractivity contribution is 6.10. The summed E-state index contributed by atoms with van der Waals surface area (Å²) in [6.07, 6.45) is 0. The molecule has 0 N–H and O–H groups in total. The number of hydrogen-bond donors (Lipinski definition) is 0. The number of hydrogen-bond acceptors (Lipinski definition) is 4. The molecular weight excluding hydrogens is 390 g/mol. The van der Waals surface area contributed by atoms with Gasteiger partial charge in [0.25, 0.3) is 5.91 Å². The minimum absolute atomic E-state index is 0.0121. The van der Waals surface area contributed by atoms with Gasteiger partial charge in [-0.05, 0) is 43.3 Å². The Balaban J connectivity index is 1.86. The Morgan fingerprint density at radius 2 is 1.80 bits per heavy atom. The molecule has 0 radical (unpaired) electrons. The number of pyridine rings is 1. The fourth-order valence-electron chi connectivity index (χ4n) is 3.84. The highest BCUT2D eigenvalue weighted by Gasteiger charge is 2.45. The molecule has 2 aromatic carbocycles. The third-order valence-corrected chi connectivity index (χ3v) is 5.15. The first-order chi connectivity index (χ1) is 14.5. The van der Waals surface area contributed by atoms with Crippen molar-refractivity contribution in [2.45, 2.75) is 13.0 Å². The Kier molecular flexibility index (Phi) is 3.99. The van der Waals surface area contributed by atoms with E-state index < -0.39 is 29.0 Å². The summed E-state index contributed by atoms with van der Waals surface area (Å²) in [5, 5.41) is -0.0121. The van der Waals surface area contributed by atoms with E-state index in [1.807, 2.05) is 0 Å². The number of aromatic nitrogens is 1. The molecule has 1 aliphatic heterocycles. The first-order valence-corrected chi connectivity index (χ1v) is 9.23. The molecule has 5 rings (SSSR count). The summed E-state index contributed by atoms with van der Waals surface area (Å²) in [5.74, 6) is -1.75. The topological polar surface area (TPSA) is 63.4 Å². The van der Waals surface area contributed by atoms with Crippen LogP contribution in [0.3, 0.4) is 0 Å². The molecule has 0 spiro atoms. The van der Waals surface area contributed by atoms with Crippen LogP contribution in [0.25, 0.3) is 11.0 Å². The quantitative estimate of drug-likeness (QED) is 0.493. The maximum absolute atomic E-state index is 14.8. The first kappa shape index (κ1) is 18.2. The Morgan fingerprint density at radius 3 is 2.57 bits per heavy atom. The largest absolute Gasteiger partial charge is 0.450 e. The van der Waals surface area contributed by atoms with E-state index in [1.165, 1.54) is 29.2 Å². The van der Waals surface area contributed by atoms with Crippen LogP contribution >= 0.6 is 0 Å². The molecule has 7 heteroatoms. The summed E-state index contributed by atoms with van der Waals surface area (Å²) < 4.78 is 34.3. The molecule has 0 bridgehead atoms. The van der Waals surface area contributed by atoms with Gasteiger partial charge in [-0.3, -0.25) is 14.5 Å². The number of halogens is 2. The number of nitrogens with zero attached hydrogens (tertiary/aromatic N) is 2. The Labute approximate surface area is 169 Å². The van der Waals surface area contributed by atoms with E-state index in [-0.39, 0.29) is 33.7 Å². The molecule has 5 nitrogen and oxygen atoms in total. The molecule has 148 valence electrons. The van der Waals surface area contributed by atoms with Crippen molar-refractivity contribution < 1.29 is 18.0 Å². The van der Waals surface area contributed by atoms with Crippen LogP contribution in [0.2, 0.25) is 0 Å². The molecule has 3 heterocycles. The van der Waals surface area contributed by atoms with Gasteiger partial charge < -0.3 is 4.42 Å². The smallest absolute Gasteiger partial charge is 0.296 e. The standard InChI is InChI=1S/C23H14F2N2O3/c1-12-5-4-8-18(26-12)27-20(14-6-2-3-7-16(14)25)19-21(28)15-11-13(24)9-10-17(15)30-22(19)23(27)29/h2-11,20H,1H3/t20-/m1/s1. The zero-order valence-electron chi connectivity index (χ0n) is 15.7. The number of rotatable bonds is 2. The molecule has 0 saturated carbocycles. The average Bonchev–Trinajstić information content (AvgIpc) is 3.01. The van der Waals surface area contributed by atoms with E-state index in [4.69, 9.17) is 4.42 Å². The molecule has 1 atom stereocenters. The van der Waals surface area contributed by atoms with Gasteiger partial charge in [-0.25, -0.2) is 13.8 Å². The Bertz CT molecular complexity index is 1400. The lowest BCUT2D eigenvalue weighted by Crippen LogP contribution is -2.31. The van der Waals surface area contributed by atoms with E-state index in [9.17, 15) is 18.4 Å². The van der Waals surface area contributed by atoms with Crippen LogP contribution in [-0.2, 0) is 0 Å². The van der Waals surface area contributed by atoms with Crippen molar-refractivity contribution in [3.8, 4) is 0 Å². The molecule has 2 aromatic heterocycles. The van der Waals surface area contributed by atoms with Crippen molar-refractivity contribution in [1.82, 2.24) is 4.98 Å². The van der Waals surface area contributed by atoms with Gasteiger partial charge in [-0.2, -0.15) is 0 Å². The minimum atomic E-state index is -1.09. The van der Waals surface area contributed by atoms with Crippen LogP contribution < -0.4 is 10.3 Å². The van der Waals surface area contributed by atoms with Crippen LogP contribution in [0, 0.1) is 18.6 Å². The first-order valence-electron chi connectivity index (χ1n) is 9.23.